The van der Waals surface area contributed by atoms with E-state index < -0.39 is 0 Å². The number of hydrogen-bond acceptors (Lipinski definition) is 2. The second kappa shape index (κ2) is 5.57. The van der Waals surface area contributed by atoms with Crippen molar-refractivity contribution >= 4 is 6.03 Å². The average molecular weight is 265 g/mol. The number of amides is 2. The molecule has 5 heteroatoms. The Kier molecular flexibility index (Phi) is 4.04. The third kappa shape index (κ3) is 2.87. The quantitative estimate of drug-likeness (QED) is 0.774. The maximum absolute atomic E-state index is 13.9. The summed E-state index contributed by atoms with van der Waals surface area (Å²) in [5, 5.41) is 0. The van der Waals surface area contributed by atoms with Gasteiger partial charge in [-0.25, -0.2) is 9.18 Å². The molecule has 0 saturated carbocycles. The van der Waals surface area contributed by atoms with Crippen molar-refractivity contribution in [3.05, 3.63) is 35.6 Å². The molecule has 1 unspecified atom stereocenters. The van der Waals surface area contributed by atoms with Crippen LogP contribution in [0.15, 0.2) is 24.3 Å². The van der Waals surface area contributed by atoms with Gasteiger partial charge in [-0.15, -0.1) is 0 Å². The van der Waals surface area contributed by atoms with E-state index >= 15 is 0 Å². The van der Waals surface area contributed by atoms with Crippen LogP contribution in [0, 0.1) is 5.82 Å². The largest absolute Gasteiger partial charge is 0.331 e. The van der Waals surface area contributed by atoms with Crippen molar-refractivity contribution in [1.82, 2.24) is 14.7 Å². The Hall–Kier alpha value is -1.62. The van der Waals surface area contributed by atoms with E-state index in [4.69, 9.17) is 0 Å². The number of piperazine rings is 1. The molecule has 1 aliphatic rings. The molecule has 1 atom stereocenters. The van der Waals surface area contributed by atoms with Crippen LogP contribution < -0.4 is 0 Å². The predicted molar refractivity (Wildman–Crippen MR) is 72.4 cm³/mol. The van der Waals surface area contributed by atoms with Gasteiger partial charge in [-0.05, 0) is 13.1 Å². The molecule has 1 aromatic rings. The second-order valence-corrected chi connectivity index (χ2v) is 5.14. The minimum absolute atomic E-state index is 0.0190. The molecule has 1 aliphatic heterocycles. The number of likely N-dealkylation sites (N-methyl/N-ethyl adjacent to an activating group) is 1. The third-order valence-corrected chi connectivity index (χ3v) is 3.57. The minimum Gasteiger partial charge on any atom is -0.331 e. The Morgan fingerprint density at radius 1 is 1.32 bits per heavy atom. The molecule has 19 heavy (non-hydrogen) atoms. The van der Waals surface area contributed by atoms with Crippen molar-refractivity contribution in [2.45, 2.75) is 6.04 Å². The Morgan fingerprint density at radius 2 is 2.00 bits per heavy atom. The highest BCUT2D eigenvalue weighted by molar-refractivity contribution is 5.74. The smallest absolute Gasteiger partial charge is 0.319 e. The molecule has 0 N–H and O–H groups in total. The number of rotatable bonds is 1. The minimum atomic E-state index is -0.210. The van der Waals surface area contributed by atoms with Crippen LogP contribution in [0.2, 0.25) is 0 Å². The van der Waals surface area contributed by atoms with E-state index in [0.717, 1.165) is 6.54 Å². The lowest BCUT2D eigenvalue weighted by Crippen LogP contribution is -2.51. The van der Waals surface area contributed by atoms with Crippen LogP contribution in [-0.4, -0.2) is 61.5 Å². The van der Waals surface area contributed by atoms with Crippen LogP contribution in [0.3, 0.4) is 0 Å². The number of hydrogen-bond donors (Lipinski definition) is 0. The van der Waals surface area contributed by atoms with Crippen LogP contribution in [0.25, 0.3) is 0 Å². The van der Waals surface area contributed by atoms with Gasteiger partial charge < -0.3 is 9.80 Å². The van der Waals surface area contributed by atoms with Crippen molar-refractivity contribution in [2.24, 2.45) is 0 Å². The van der Waals surface area contributed by atoms with Gasteiger partial charge in [-0.3, -0.25) is 4.90 Å². The van der Waals surface area contributed by atoms with Crippen molar-refractivity contribution in [3.8, 4) is 0 Å². The van der Waals surface area contributed by atoms with E-state index in [-0.39, 0.29) is 17.9 Å². The van der Waals surface area contributed by atoms with Gasteiger partial charge in [-0.2, -0.15) is 0 Å². The fraction of sp³-hybridized carbons (Fsp3) is 0.500. The first kappa shape index (κ1) is 13.8. The van der Waals surface area contributed by atoms with Gasteiger partial charge >= 0.3 is 6.03 Å². The Bertz CT molecular complexity index is 464. The molecule has 2 rings (SSSR count). The lowest BCUT2D eigenvalue weighted by atomic mass is 10.0. The van der Waals surface area contributed by atoms with Crippen LogP contribution in [0.1, 0.15) is 11.6 Å². The number of carbonyl (C=O) groups excluding carboxylic acids is 1. The van der Waals surface area contributed by atoms with Crippen molar-refractivity contribution in [1.29, 1.82) is 0 Å². The SMILES string of the molecule is CN(C)C(=O)N1CCN(C)C(c2ccccc2F)C1. The molecule has 0 spiro atoms. The summed E-state index contributed by atoms with van der Waals surface area (Å²) in [6.07, 6.45) is 0. The number of benzene rings is 1. The van der Waals surface area contributed by atoms with Gasteiger partial charge in [0.05, 0.1) is 6.04 Å². The lowest BCUT2D eigenvalue weighted by Gasteiger charge is -2.40. The first-order valence-electron chi connectivity index (χ1n) is 6.41. The van der Waals surface area contributed by atoms with Crippen LogP contribution >= 0.6 is 0 Å². The molecule has 1 aromatic carbocycles. The highest BCUT2D eigenvalue weighted by atomic mass is 19.1. The summed E-state index contributed by atoms with van der Waals surface area (Å²) in [6, 6.07) is 6.67. The first-order chi connectivity index (χ1) is 9.00. The highest BCUT2D eigenvalue weighted by Gasteiger charge is 2.30. The maximum Gasteiger partial charge on any atom is 0.319 e. The standard InChI is InChI=1S/C14H20FN3O/c1-16(2)14(19)18-9-8-17(3)13(10-18)11-6-4-5-7-12(11)15/h4-7,13H,8-10H2,1-3H3. The zero-order chi connectivity index (χ0) is 14.0. The lowest BCUT2D eigenvalue weighted by molar-refractivity contribution is 0.0958. The van der Waals surface area contributed by atoms with E-state index in [2.05, 4.69) is 4.90 Å². The zero-order valence-corrected chi connectivity index (χ0v) is 11.6. The molecule has 1 heterocycles. The molecule has 2 amide bonds. The molecule has 1 fully saturated rings. The van der Waals surface area contributed by atoms with Gasteiger partial charge in [0.2, 0.25) is 0 Å². The predicted octanol–water partition coefficient (Wildman–Crippen LogP) is 1.80. The van der Waals surface area contributed by atoms with Crippen LogP contribution in [0.5, 0.6) is 0 Å². The zero-order valence-electron chi connectivity index (χ0n) is 11.6. The molecular formula is C14H20FN3O. The van der Waals surface area contributed by atoms with Gasteiger partial charge in [0, 0.05) is 39.3 Å². The summed E-state index contributed by atoms with van der Waals surface area (Å²) in [5.41, 5.74) is 0.654. The monoisotopic (exact) mass is 265 g/mol. The molecule has 1 saturated heterocycles. The summed E-state index contributed by atoms with van der Waals surface area (Å²) < 4.78 is 13.9. The fourth-order valence-corrected chi connectivity index (χ4v) is 2.41. The van der Waals surface area contributed by atoms with E-state index in [1.54, 1.807) is 36.0 Å². The van der Waals surface area contributed by atoms with Crippen LogP contribution in [-0.2, 0) is 0 Å². The highest BCUT2D eigenvalue weighted by Crippen LogP contribution is 2.26. The third-order valence-electron chi connectivity index (χ3n) is 3.57. The summed E-state index contributed by atoms with van der Waals surface area (Å²) in [7, 11) is 5.44. The molecule has 0 aliphatic carbocycles. The topological polar surface area (TPSA) is 26.8 Å². The van der Waals surface area contributed by atoms with Crippen molar-refractivity contribution in [2.75, 3.05) is 40.8 Å². The summed E-state index contributed by atoms with van der Waals surface area (Å²) in [6.45, 7) is 1.95. The molecule has 0 radical (unpaired) electrons. The molecule has 0 aromatic heterocycles. The molecule has 0 bridgehead atoms. The van der Waals surface area contributed by atoms with E-state index in [1.165, 1.54) is 6.07 Å². The summed E-state index contributed by atoms with van der Waals surface area (Å²) in [5.74, 6) is -0.210. The first-order valence-corrected chi connectivity index (χ1v) is 6.41. The Balaban J connectivity index is 2.20. The van der Waals surface area contributed by atoms with Crippen molar-refractivity contribution in [3.63, 3.8) is 0 Å². The van der Waals surface area contributed by atoms with Gasteiger partial charge in [0.1, 0.15) is 5.82 Å². The summed E-state index contributed by atoms with van der Waals surface area (Å²) in [4.78, 5) is 17.4. The number of urea groups is 1. The van der Waals surface area contributed by atoms with Gasteiger partial charge in [0.25, 0.3) is 0 Å². The second-order valence-electron chi connectivity index (χ2n) is 5.14. The number of nitrogens with zero attached hydrogens (tertiary/aromatic N) is 3. The summed E-state index contributed by atoms with van der Waals surface area (Å²) >= 11 is 0. The maximum atomic E-state index is 13.9. The fourth-order valence-electron chi connectivity index (χ4n) is 2.41. The van der Waals surface area contributed by atoms with E-state index in [9.17, 15) is 9.18 Å². The van der Waals surface area contributed by atoms with Crippen molar-refractivity contribution < 1.29 is 9.18 Å². The Labute approximate surface area is 113 Å². The van der Waals surface area contributed by atoms with E-state index in [1.807, 2.05) is 13.1 Å². The van der Waals surface area contributed by atoms with Gasteiger partial charge in [0.15, 0.2) is 0 Å². The molecular weight excluding hydrogens is 245 g/mol. The molecule has 4 nitrogen and oxygen atoms in total. The Morgan fingerprint density at radius 3 is 2.63 bits per heavy atom. The molecule has 104 valence electrons. The number of halogens is 1. The van der Waals surface area contributed by atoms with Gasteiger partial charge in [-0.1, -0.05) is 18.2 Å². The average Bonchev–Trinajstić information content (AvgIpc) is 2.39. The van der Waals surface area contributed by atoms with E-state index in [0.29, 0.717) is 18.7 Å². The normalized spacial score (nSPS) is 20.4. The number of carbonyl (C=O) groups is 1. The van der Waals surface area contributed by atoms with Crippen LogP contribution in [0.4, 0.5) is 9.18 Å².